The van der Waals surface area contributed by atoms with Gasteiger partial charge >= 0.3 is 0 Å². The molecule has 0 bridgehead atoms. The van der Waals surface area contributed by atoms with Crippen LogP contribution in [0.1, 0.15) is 16.7 Å². The zero-order valence-electron chi connectivity index (χ0n) is 18.2. The third-order valence-corrected chi connectivity index (χ3v) is 5.34. The molecular weight excluding hydrogens is 402 g/mol. The molecule has 3 N–H and O–H groups in total. The Bertz CT molecular complexity index is 1230. The summed E-state index contributed by atoms with van der Waals surface area (Å²) in [7, 11) is 0. The van der Waals surface area contributed by atoms with E-state index >= 15 is 0 Å². The predicted molar refractivity (Wildman–Crippen MR) is 127 cm³/mol. The molecular formula is C27H25NO4. The molecule has 0 aliphatic carbocycles. The zero-order chi connectivity index (χ0) is 22.8. The van der Waals surface area contributed by atoms with Crippen LogP contribution in [0.25, 0.3) is 0 Å². The van der Waals surface area contributed by atoms with E-state index in [1.54, 1.807) is 24.3 Å². The Morgan fingerprint density at radius 1 is 0.594 bits per heavy atom. The molecule has 0 saturated carbocycles. The molecule has 0 amide bonds. The maximum absolute atomic E-state index is 10.4. The first kappa shape index (κ1) is 21.1. The standard InChI is InChI=1S/C27H25NO4/c1-17-8-13-23(29)27(14-17)32-26-7-5-4-6-22(26)28(20-11-9-18(2)24(30)15-20)21-12-10-19(3)25(31)16-21/h4-16,29-31H,1-3H3. The van der Waals surface area contributed by atoms with Gasteiger partial charge < -0.3 is 25.0 Å². The van der Waals surface area contributed by atoms with E-state index < -0.39 is 0 Å². The molecule has 5 heteroatoms. The van der Waals surface area contributed by atoms with Crippen LogP contribution in [0.2, 0.25) is 0 Å². The summed E-state index contributed by atoms with van der Waals surface area (Å²) >= 11 is 0. The number of hydrogen-bond donors (Lipinski definition) is 3. The van der Waals surface area contributed by atoms with E-state index in [1.807, 2.05) is 80.3 Å². The molecule has 0 saturated heterocycles. The van der Waals surface area contributed by atoms with E-state index in [2.05, 4.69) is 0 Å². The van der Waals surface area contributed by atoms with E-state index in [0.29, 0.717) is 28.6 Å². The van der Waals surface area contributed by atoms with Gasteiger partial charge in [-0.1, -0.05) is 30.3 Å². The molecule has 0 heterocycles. The summed E-state index contributed by atoms with van der Waals surface area (Å²) in [5, 5.41) is 31.0. The zero-order valence-corrected chi connectivity index (χ0v) is 18.2. The Balaban J connectivity index is 1.89. The predicted octanol–water partition coefficient (Wildman–Crippen LogP) is 6.99. The van der Waals surface area contributed by atoms with Gasteiger partial charge in [0.25, 0.3) is 0 Å². The Morgan fingerprint density at radius 3 is 1.78 bits per heavy atom. The summed E-state index contributed by atoms with van der Waals surface area (Å²) in [6.07, 6.45) is 0. The van der Waals surface area contributed by atoms with Crippen LogP contribution in [0.15, 0.2) is 78.9 Å². The quantitative estimate of drug-likeness (QED) is 0.320. The number of rotatable bonds is 5. The summed E-state index contributed by atoms with van der Waals surface area (Å²) < 4.78 is 6.14. The normalized spacial score (nSPS) is 10.7. The van der Waals surface area contributed by atoms with Crippen LogP contribution in [0.3, 0.4) is 0 Å². The molecule has 0 atom stereocenters. The van der Waals surface area contributed by atoms with E-state index in [-0.39, 0.29) is 17.2 Å². The highest BCUT2D eigenvalue weighted by Gasteiger charge is 2.19. The van der Waals surface area contributed by atoms with Crippen LogP contribution in [-0.2, 0) is 0 Å². The fourth-order valence-electron chi connectivity index (χ4n) is 3.45. The average molecular weight is 428 g/mol. The van der Waals surface area contributed by atoms with Crippen molar-refractivity contribution in [2.45, 2.75) is 20.8 Å². The van der Waals surface area contributed by atoms with Crippen molar-refractivity contribution in [2.75, 3.05) is 4.90 Å². The van der Waals surface area contributed by atoms with Gasteiger partial charge in [-0.2, -0.15) is 0 Å². The summed E-state index contributed by atoms with van der Waals surface area (Å²) in [4.78, 5) is 1.89. The monoisotopic (exact) mass is 427 g/mol. The van der Waals surface area contributed by atoms with Crippen molar-refractivity contribution >= 4 is 17.1 Å². The first-order chi connectivity index (χ1) is 15.3. The number of para-hydroxylation sites is 2. The van der Waals surface area contributed by atoms with Crippen molar-refractivity contribution in [3.05, 3.63) is 95.6 Å². The number of aromatic hydroxyl groups is 3. The highest BCUT2D eigenvalue weighted by Crippen LogP contribution is 2.44. The molecule has 0 fully saturated rings. The molecule has 0 aliphatic rings. The minimum absolute atomic E-state index is 0.0397. The van der Waals surface area contributed by atoms with E-state index in [0.717, 1.165) is 16.7 Å². The number of nitrogens with zero attached hydrogens (tertiary/aromatic N) is 1. The van der Waals surface area contributed by atoms with Gasteiger partial charge in [-0.05, 0) is 73.9 Å². The van der Waals surface area contributed by atoms with Crippen molar-refractivity contribution in [1.82, 2.24) is 0 Å². The Morgan fingerprint density at radius 2 is 1.19 bits per heavy atom. The molecule has 0 aromatic heterocycles. The fourth-order valence-corrected chi connectivity index (χ4v) is 3.45. The highest BCUT2D eigenvalue weighted by atomic mass is 16.5. The van der Waals surface area contributed by atoms with E-state index in [9.17, 15) is 15.3 Å². The molecule has 4 rings (SSSR count). The molecule has 0 aliphatic heterocycles. The maximum atomic E-state index is 10.4. The Hall–Kier alpha value is -4.12. The lowest BCUT2D eigenvalue weighted by Gasteiger charge is -2.28. The second-order valence-corrected chi connectivity index (χ2v) is 7.82. The van der Waals surface area contributed by atoms with Gasteiger partial charge in [-0.25, -0.2) is 0 Å². The molecule has 0 spiro atoms. The van der Waals surface area contributed by atoms with E-state index in [1.165, 1.54) is 0 Å². The van der Waals surface area contributed by atoms with Crippen molar-refractivity contribution < 1.29 is 20.1 Å². The first-order valence-corrected chi connectivity index (χ1v) is 10.3. The number of anilines is 3. The number of ether oxygens (including phenoxy) is 1. The topological polar surface area (TPSA) is 73.2 Å². The number of phenols is 3. The minimum Gasteiger partial charge on any atom is -0.508 e. The highest BCUT2D eigenvalue weighted by molar-refractivity contribution is 5.81. The van der Waals surface area contributed by atoms with Crippen LogP contribution >= 0.6 is 0 Å². The van der Waals surface area contributed by atoms with Crippen LogP contribution in [0.4, 0.5) is 17.1 Å². The van der Waals surface area contributed by atoms with Gasteiger partial charge in [0.1, 0.15) is 11.5 Å². The molecule has 0 unspecified atom stereocenters. The summed E-state index contributed by atoms with van der Waals surface area (Å²) in [6.45, 7) is 5.59. The lowest BCUT2D eigenvalue weighted by molar-refractivity contribution is 0.411. The number of phenolic OH excluding ortho intramolecular Hbond substituents is 3. The van der Waals surface area contributed by atoms with Gasteiger partial charge in [0.2, 0.25) is 0 Å². The van der Waals surface area contributed by atoms with Crippen molar-refractivity contribution in [1.29, 1.82) is 0 Å². The first-order valence-electron chi connectivity index (χ1n) is 10.3. The van der Waals surface area contributed by atoms with Gasteiger partial charge in [-0.15, -0.1) is 0 Å². The number of aryl methyl sites for hydroxylation is 3. The Labute approximate surface area is 187 Å². The van der Waals surface area contributed by atoms with Crippen LogP contribution in [0.5, 0.6) is 28.7 Å². The van der Waals surface area contributed by atoms with Gasteiger partial charge in [0, 0.05) is 23.5 Å². The fraction of sp³-hybridized carbons (Fsp3) is 0.111. The molecule has 5 nitrogen and oxygen atoms in total. The molecule has 0 radical (unpaired) electrons. The Kier molecular flexibility index (Phi) is 5.65. The van der Waals surface area contributed by atoms with Gasteiger partial charge in [-0.3, -0.25) is 0 Å². The number of benzene rings is 4. The van der Waals surface area contributed by atoms with Crippen molar-refractivity contribution in [3.8, 4) is 28.7 Å². The van der Waals surface area contributed by atoms with Crippen molar-refractivity contribution in [2.24, 2.45) is 0 Å². The minimum atomic E-state index is 0.0397. The number of hydrogen-bond acceptors (Lipinski definition) is 5. The third kappa shape index (κ3) is 4.18. The second-order valence-electron chi connectivity index (χ2n) is 7.82. The largest absolute Gasteiger partial charge is 0.508 e. The summed E-state index contributed by atoms with van der Waals surface area (Å²) in [5.41, 5.74) is 4.55. The molecule has 4 aromatic carbocycles. The van der Waals surface area contributed by atoms with Crippen LogP contribution in [-0.4, -0.2) is 15.3 Å². The molecule has 32 heavy (non-hydrogen) atoms. The molecule has 162 valence electrons. The summed E-state index contributed by atoms with van der Waals surface area (Å²) in [5.74, 6) is 1.22. The smallest absolute Gasteiger partial charge is 0.169 e. The van der Waals surface area contributed by atoms with Crippen molar-refractivity contribution in [3.63, 3.8) is 0 Å². The lowest BCUT2D eigenvalue weighted by atomic mass is 10.1. The van der Waals surface area contributed by atoms with Gasteiger partial charge in [0.15, 0.2) is 17.2 Å². The summed E-state index contributed by atoms with van der Waals surface area (Å²) in [6, 6.07) is 23.4. The van der Waals surface area contributed by atoms with E-state index in [4.69, 9.17) is 4.74 Å². The SMILES string of the molecule is Cc1ccc(O)c(Oc2ccccc2N(c2ccc(C)c(O)c2)c2ccc(C)c(O)c2)c1. The van der Waals surface area contributed by atoms with Crippen LogP contribution < -0.4 is 9.64 Å². The van der Waals surface area contributed by atoms with Gasteiger partial charge in [0.05, 0.1) is 5.69 Å². The lowest BCUT2D eigenvalue weighted by Crippen LogP contribution is -2.11. The molecule has 4 aromatic rings. The van der Waals surface area contributed by atoms with Crippen LogP contribution in [0, 0.1) is 20.8 Å². The maximum Gasteiger partial charge on any atom is 0.169 e. The average Bonchev–Trinajstić information content (AvgIpc) is 2.77. The second kappa shape index (κ2) is 8.55. The third-order valence-electron chi connectivity index (χ3n) is 5.34.